The van der Waals surface area contributed by atoms with Gasteiger partial charge in [-0.3, -0.25) is 0 Å². The lowest BCUT2D eigenvalue weighted by Gasteiger charge is -2.20. The first-order valence-corrected chi connectivity index (χ1v) is 7.38. The molecule has 1 saturated heterocycles. The number of hydrogen-bond acceptors (Lipinski definition) is 4. The van der Waals surface area contributed by atoms with Gasteiger partial charge in [0.15, 0.2) is 0 Å². The van der Waals surface area contributed by atoms with E-state index in [1.54, 1.807) is 7.11 Å². The predicted octanol–water partition coefficient (Wildman–Crippen LogP) is 2.93. The molecular weight excluding hydrogens is 288 g/mol. The lowest BCUT2D eigenvalue weighted by Crippen LogP contribution is -2.14. The van der Waals surface area contributed by atoms with Gasteiger partial charge < -0.3 is 4.74 Å². The Kier molecular flexibility index (Phi) is 4.46. The van der Waals surface area contributed by atoms with Gasteiger partial charge in [0.25, 0.3) is 0 Å². The van der Waals surface area contributed by atoms with Crippen LogP contribution in [0.15, 0.2) is 10.5 Å². The van der Waals surface area contributed by atoms with Crippen LogP contribution in [0, 0.1) is 5.92 Å². The Morgan fingerprint density at radius 3 is 3.06 bits per heavy atom. The van der Waals surface area contributed by atoms with E-state index in [4.69, 9.17) is 4.74 Å². The molecule has 1 aromatic heterocycles. The van der Waals surface area contributed by atoms with Crippen molar-refractivity contribution in [2.75, 3.05) is 18.6 Å². The van der Waals surface area contributed by atoms with Gasteiger partial charge in [-0.05, 0) is 58.7 Å². The van der Waals surface area contributed by atoms with E-state index in [1.165, 1.54) is 24.3 Å². The van der Waals surface area contributed by atoms with Crippen LogP contribution in [0.2, 0.25) is 0 Å². The van der Waals surface area contributed by atoms with Crippen molar-refractivity contribution in [3.8, 4) is 5.88 Å². The molecule has 3 nitrogen and oxygen atoms in total. The molecule has 1 atom stereocenters. The van der Waals surface area contributed by atoms with Crippen LogP contribution in [0.25, 0.3) is 0 Å². The van der Waals surface area contributed by atoms with Gasteiger partial charge in [-0.1, -0.05) is 0 Å². The highest BCUT2D eigenvalue weighted by Gasteiger charge is 2.16. The molecule has 0 radical (unpaired) electrons. The van der Waals surface area contributed by atoms with Gasteiger partial charge in [-0.25, -0.2) is 0 Å². The second kappa shape index (κ2) is 5.87. The van der Waals surface area contributed by atoms with Gasteiger partial charge >= 0.3 is 0 Å². The molecule has 0 spiro atoms. The van der Waals surface area contributed by atoms with Crippen molar-refractivity contribution in [2.24, 2.45) is 5.92 Å². The summed E-state index contributed by atoms with van der Waals surface area (Å²) in [5.74, 6) is 3.88. The normalized spacial score (nSPS) is 20.8. The smallest absolute Gasteiger partial charge is 0.247 e. The van der Waals surface area contributed by atoms with Crippen LogP contribution in [0.4, 0.5) is 0 Å². The van der Waals surface area contributed by atoms with Crippen molar-refractivity contribution in [1.82, 2.24) is 10.2 Å². The van der Waals surface area contributed by atoms with Gasteiger partial charge in [0.1, 0.15) is 0 Å². The summed E-state index contributed by atoms with van der Waals surface area (Å²) in [6.45, 7) is 0. The van der Waals surface area contributed by atoms with Crippen LogP contribution < -0.4 is 4.74 Å². The summed E-state index contributed by atoms with van der Waals surface area (Å²) in [6, 6.07) is 2.02. The first kappa shape index (κ1) is 12.2. The molecule has 2 rings (SSSR count). The molecule has 0 N–H and O–H groups in total. The first-order chi connectivity index (χ1) is 7.79. The van der Waals surface area contributed by atoms with Gasteiger partial charge in [0.05, 0.1) is 17.3 Å². The van der Waals surface area contributed by atoms with Gasteiger partial charge in [-0.15, -0.1) is 5.10 Å². The summed E-state index contributed by atoms with van der Waals surface area (Å²) in [4.78, 5) is 0. The zero-order chi connectivity index (χ0) is 11.4. The SMILES string of the molecule is COc1nnc(CC2CCCSC2)cc1Br. The standard InChI is InChI=1S/C11H15BrN2OS/c1-15-11-10(12)6-9(13-14-11)5-8-3-2-4-16-7-8/h6,8H,2-5,7H2,1H3. The maximum Gasteiger partial charge on any atom is 0.247 e. The molecule has 0 aromatic carbocycles. The Balaban J connectivity index is 2.01. The maximum atomic E-state index is 5.07. The molecule has 1 aliphatic rings. The number of aromatic nitrogens is 2. The van der Waals surface area contributed by atoms with Crippen molar-refractivity contribution in [2.45, 2.75) is 19.3 Å². The summed E-state index contributed by atoms with van der Waals surface area (Å²) in [5.41, 5.74) is 1.06. The summed E-state index contributed by atoms with van der Waals surface area (Å²) in [7, 11) is 1.60. The van der Waals surface area contributed by atoms with Crippen molar-refractivity contribution < 1.29 is 4.74 Å². The van der Waals surface area contributed by atoms with E-state index in [0.717, 1.165) is 22.5 Å². The summed E-state index contributed by atoms with van der Waals surface area (Å²) in [6.07, 6.45) is 3.68. The number of hydrogen-bond donors (Lipinski definition) is 0. The number of ether oxygens (including phenoxy) is 1. The fourth-order valence-electron chi connectivity index (χ4n) is 1.90. The Morgan fingerprint density at radius 1 is 1.56 bits per heavy atom. The van der Waals surface area contributed by atoms with Crippen LogP contribution in [0.5, 0.6) is 5.88 Å². The Hall–Kier alpha value is -0.290. The van der Waals surface area contributed by atoms with Crippen LogP contribution in [-0.4, -0.2) is 28.8 Å². The minimum atomic E-state index is 0.557. The van der Waals surface area contributed by atoms with Crippen molar-refractivity contribution in [3.63, 3.8) is 0 Å². The number of nitrogens with zero attached hydrogens (tertiary/aromatic N) is 2. The van der Waals surface area contributed by atoms with E-state index in [-0.39, 0.29) is 0 Å². The Morgan fingerprint density at radius 2 is 2.44 bits per heavy atom. The molecule has 0 bridgehead atoms. The fourth-order valence-corrected chi connectivity index (χ4v) is 3.56. The van der Waals surface area contributed by atoms with E-state index in [2.05, 4.69) is 26.1 Å². The second-order valence-corrected chi connectivity index (χ2v) is 5.98. The van der Waals surface area contributed by atoms with Gasteiger partial charge in [0, 0.05) is 0 Å². The van der Waals surface area contributed by atoms with Crippen molar-refractivity contribution in [1.29, 1.82) is 0 Å². The highest BCUT2D eigenvalue weighted by Crippen LogP contribution is 2.27. The second-order valence-electron chi connectivity index (χ2n) is 3.98. The minimum absolute atomic E-state index is 0.557. The Labute approximate surface area is 108 Å². The molecule has 5 heteroatoms. The highest BCUT2D eigenvalue weighted by molar-refractivity contribution is 9.10. The molecule has 2 heterocycles. The van der Waals surface area contributed by atoms with E-state index in [0.29, 0.717) is 5.88 Å². The number of rotatable bonds is 3. The first-order valence-electron chi connectivity index (χ1n) is 5.43. The zero-order valence-electron chi connectivity index (χ0n) is 9.28. The lowest BCUT2D eigenvalue weighted by atomic mass is 9.99. The van der Waals surface area contributed by atoms with Crippen LogP contribution in [0.1, 0.15) is 18.5 Å². The summed E-state index contributed by atoms with van der Waals surface area (Å²) >= 11 is 5.49. The molecular formula is C11H15BrN2OS. The molecule has 0 amide bonds. The third-order valence-electron chi connectivity index (χ3n) is 2.71. The Bertz CT molecular complexity index is 356. The molecule has 1 aliphatic heterocycles. The van der Waals surface area contributed by atoms with E-state index in [9.17, 15) is 0 Å². The number of methoxy groups -OCH3 is 1. The van der Waals surface area contributed by atoms with E-state index < -0.39 is 0 Å². The van der Waals surface area contributed by atoms with E-state index in [1.807, 2.05) is 17.8 Å². The molecule has 0 aliphatic carbocycles. The molecule has 0 saturated carbocycles. The fraction of sp³-hybridized carbons (Fsp3) is 0.636. The average Bonchev–Trinajstić information content (AvgIpc) is 2.31. The number of halogens is 1. The maximum absolute atomic E-state index is 5.07. The van der Waals surface area contributed by atoms with Gasteiger partial charge in [-0.2, -0.15) is 16.9 Å². The topological polar surface area (TPSA) is 35.0 Å². The molecule has 1 unspecified atom stereocenters. The predicted molar refractivity (Wildman–Crippen MR) is 70.0 cm³/mol. The third-order valence-corrected chi connectivity index (χ3v) is 4.57. The van der Waals surface area contributed by atoms with Crippen molar-refractivity contribution >= 4 is 27.7 Å². The quantitative estimate of drug-likeness (QED) is 0.860. The molecule has 16 heavy (non-hydrogen) atoms. The third kappa shape index (κ3) is 3.10. The average molecular weight is 303 g/mol. The largest absolute Gasteiger partial charge is 0.479 e. The molecule has 1 aromatic rings. The van der Waals surface area contributed by atoms with Crippen LogP contribution in [-0.2, 0) is 6.42 Å². The zero-order valence-corrected chi connectivity index (χ0v) is 11.7. The summed E-state index contributed by atoms with van der Waals surface area (Å²) < 4.78 is 5.96. The van der Waals surface area contributed by atoms with Gasteiger partial charge in [0.2, 0.25) is 5.88 Å². The highest BCUT2D eigenvalue weighted by atomic mass is 79.9. The number of thioether (sulfide) groups is 1. The van der Waals surface area contributed by atoms with Crippen LogP contribution in [0.3, 0.4) is 0 Å². The molecule has 88 valence electrons. The molecule has 1 fully saturated rings. The summed E-state index contributed by atoms with van der Waals surface area (Å²) in [5, 5.41) is 8.23. The van der Waals surface area contributed by atoms with Crippen LogP contribution >= 0.6 is 27.7 Å². The van der Waals surface area contributed by atoms with Crippen molar-refractivity contribution in [3.05, 3.63) is 16.2 Å². The van der Waals surface area contributed by atoms with E-state index >= 15 is 0 Å². The lowest BCUT2D eigenvalue weighted by molar-refractivity contribution is 0.387. The minimum Gasteiger partial charge on any atom is -0.479 e. The monoisotopic (exact) mass is 302 g/mol.